The SMILES string of the molecule is O=C(CSc1ccc(N2CCCC(C(=O)NC3CC3)C2)nn1)NCc1cccc(C(F)(F)F)c1. The molecule has 2 aromatic rings. The highest BCUT2D eigenvalue weighted by atomic mass is 32.2. The summed E-state index contributed by atoms with van der Waals surface area (Å²) in [5.74, 6) is 0.519. The standard InChI is InChI=1S/C23H26F3N5O2S/c24-23(25,26)17-5-1-3-15(11-17)12-27-20(32)14-34-21-9-8-19(29-30-21)31-10-2-4-16(13-31)22(33)28-18-6-7-18/h1,3,5,8-9,11,16,18H,2,4,6-7,10,12-14H2,(H,27,32)(H,28,33). The number of thioether (sulfide) groups is 1. The van der Waals surface area contributed by atoms with E-state index in [-0.39, 0.29) is 30.0 Å². The van der Waals surface area contributed by atoms with Gasteiger partial charge in [-0.15, -0.1) is 10.2 Å². The predicted octanol–water partition coefficient (Wildman–Crippen LogP) is 3.40. The van der Waals surface area contributed by atoms with E-state index >= 15 is 0 Å². The van der Waals surface area contributed by atoms with Crippen LogP contribution in [0.25, 0.3) is 0 Å². The van der Waals surface area contributed by atoms with Crippen LogP contribution in [0.2, 0.25) is 0 Å². The van der Waals surface area contributed by atoms with Crippen molar-refractivity contribution in [3.8, 4) is 0 Å². The van der Waals surface area contributed by atoms with E-state index in [0.717, 1.165) is 44.4 Å². The number of rotatable bonds is 8. The lowest BCUT2D eigenvalue weighted by atomic mass is 9.97. The highest BCUT2D eigenvalue weighted by Gasteiger charge is 2.31. The molecule has 4 rings (SSSR count). The number of aromatic nitrogens is 2. The molecule has 2 fully saturated rings. The predicted molar refractivity (Wildman–Crippen MR) is 122 cm³/mol. The zero-order valence-electron chi connectivity index (χ0n) is 18.5. The number of nitrogens with zero attached hydrogens (tertiary/aromatic N) is 3. The number of hydrogen-bond acceptors (Lipinski definition) is 6. The molecule has 7 nitrogen and oxygen atoms in total. The molecule has 0 radical (unpaired) electrons. The molecule has 1 saturated carbocycles. The minimum absolute atomic E-state index is 0.0123. The number of carbonyl (C=O) groups excluding carboxylic acids is 2. The van der Waals surface area contributed by atoms with E-state index in [2.05, 4.69) is 25.7 Å². The molecule has 1 aromatic heterocycles. The molecule has 2 amide bonds. The third-order valence-corrected chi connectivity index (χ3v) is 6.68. The van der Waals surface area contributed by atoms with Crippen molar-refractivity contribution in [3.05, 3.63) is 47.5 Å². The van der Waals surface area contributed by atoms with Crippen molar-refractivity contribution in [2.24, 2.45) is 5.92 Å². The van der Waals surface area contributed by atoms with Crippen molar-refractivity contribution < 1.29 is 22.8 Å². The Kier molecular flexibility index (Phi) is 7.60. The smallest absolute Gasteiger partial charge is 0.354 e. The maximum Gasteiger partial charge on any atom is 0.416 e. The summed E-state index contributed by atoms with van der Waals surface area (Å²) in [6.07, 6.45) is -0.510. The molecule has 1 unspecified atom stereocenters. The van der Waals surface area contributed by atoms with Gasteiger partial charge in [-0.3, -0.25) is 9.59 Å². The molecule has 182 valence electrons. The number of anilines is 1. The fraction of sp³-hybridized carbons (Fsp3) is 0.478. The number of benzene rings is 1. The number of amides is 2. The number of hydrogen-bond donors (Lipinski definition) is 2. The Hall–Kier alpha value is -2.82. The first-order valence-electron chi connectivity index (χ1n) is 11.2. The van der Waals surface area contributed by atoms with Gasteiger partial charge in [-0.2, -0.15) is 13.2 Å². The number of carbonyl (C=O) groups is 2. The third-order valence-electron chi connectivity index (χ3n) is 5.76. The summed E-state index contributed by atoms with van der Waals surface area (Å²) >= 11 is 1.20. The molecule has 1 aliphatic heterocycles. The molecule has 2 N–H and O–H groups in total. The third kappa shape index (κ3) is 6.85. The zero-order chi connectivity index (χ0) is 24.1. The van der Waals surface area contributed by atoms with Crippen molar-refractivity contribution in [2.75, 3.05) is 23.7 Å². The van der Waals surface area contributed by atoms with E-state index in [1.807, 2.05) is 6.07 Å². The van der Waals surface area contributed by atoms with Crippen molar-refractivity contribution in [1.82, 2.24) is 20.8 Å². The van der Waals surface area contributed by atoms with Crippen molar-refractivity contribution in [3.63, 3.8) is 0 Å². The van der Waals surface area contributed by atoms with Crippen LogP contribution in [0.3, 0.4) is 0 Å². The molecule has 1 aliphatic carbocycles. The van der Waals surface area contributed by atoms with E-state index in [1.165, 1.54) is 23.9 Å². The summed E-state index contributed by atoms with van der Waals surface area (Å²) in [6.45, 7) is 1.43. The molecule has 1 aromatic carbocycles. The number of nitrogens with one attached hydrogen (secondary N) is 2. The van der Waals surface area contributed by atoms with Gasteiger partial charge in [0.2, 0.25) is 11.8 Å². The Bertz CT molecular complexity index is 1010. The lowest BCUT2D eigenvalue weighted by Gasteiger charge is -2.32. The summed E-state index contributed by atoms with van der Waals surface area (Å²) in [4.78, 5) is 26.5. The van der Waals surface area contributed by atoms with Crippen LogP contribution in [0, 0.1) is 5.92 Å². The maximum absolute atomic E-state index is 12.8. The normalized spacial score (nSPS) is 18.4. The van der Waals surface area contributed by atoms with Crippen LogP contribution >= 0.6 is 11.8 Å². The zero-order valence-corrected chi connectivity index (χ0v) is 19.3. The van der Waals surface area contributed by atoms with E-state index in [9.17, 15) is 22.8 Å². The molecule has 0 spiro atoms. The molecule has 2 heterocycles. The molecule has 0 bridgehead atoms. The molecular formula is C23H26F3N5O2S. The van der Waals surface area contributed by atoms with Gasteiger partial charge in [0, 0.05) is 25.7 Å². The summed E-state index contributed by atoms with van der Waals surface area (Å²) in [7, 11) is 0. The van der Waals surface area contributed by atoms with Crippen molar-refractivity contribution >= 4 is 29.4 Å². The van der Waals surface area contributed by atoms with E-state index < -0.39 is 11.7 Å². The monoisotopic (exact) mass is 493 g/mol. The topological polar surface area (TPSA) is 87.2 Å². The maximum atomic E-state index is 12.8. The van der Waals surface area contributed by atoms with Crippen LogP contribution in [-0.4, -0.2) is 46.9 Å². The number of piperidine rings is 1. The molecule has 1 atom stereocenters. The van der Waals surface area contributed by atoms with Gasteiger partial charge in [-0.25, -0.2) is 0 Å². The highest BCUT2D eigenvalue weighted by Crippen LogP contribution is 2.29. The van der Waals surface area contributed by atoms with Crippen LogP contribution < -0.4 is 15.5 Å². The van der Waals surface area contributed by atoms with Crippen LogP contribution in [0.1, 0.15) is 36.8 Å². The van der Waals surface area contributed by atoms with E-state index in [0.29, 0.717) is 29.0 Å². The molecule has 2 aliphatic rings. The van der Waals surface area contributed by atoms with Gasteiger partial charge >= 0.3 is 6.18 Å². The van der Waals surface area contributed by atoms with Crippen molar-refractivity contribution in [2.45, 2.75) is 49.5 Å². The average molecular weight is 494 g/mol. The summed E-state index contributed by atoms with van der Waals surface area (Å²) in [5.41, 5.74) is -0.365. The Morgan fingerprint density at radius 1 is 1.12 bits per heavy atom. The van der Waals surface area contributed by atoms with Gasteiger partial charge in [-0.1, -0.05) is 23.9 Å². The number of alkyl halides is 3. The lowest BCUT2D eigenvalue weighted by molar-refractivity contribution is -0.137. The molecular weight excluding hydrogens is 467 g/mol. The lowest BCUT2D eigenvalue weighted by Crippen LogP contribution is -2.44. The first kappa shape index (κ1) is 24.3. The van der Waals surface area contributed by atoms with E-state index in [1.54, 1.807) is 6.07 Å². The van der Waals surface area contributed by atoms with Gasteiger partial charge in [0.1, 0.15) is 5.03 Å². The summed E-state index contributed by atoms with van der Waals surface area (Å²) < 4.78 is 38.4. The first-order chi connectivity index (χ1) is 16.3. The number of halogens is 3. The average Bonchev–Trinajstić information content (AvgIpc) is 3.65. The van der Waals surface area contributed by atoms with Crippen LogP contribution in [0.5, 0.6) is 0 Å². The van der Waals surface area contributed by atoms with E-state index in [4.69, 9.17) is 0 Å². The Balaban J connectivity index is 1.23. The first-order valence-corrected chi connectivity index (χ1v) is 12.2. The minimum Gasteiger partial charge on any atom is -0.354 e. The second-order valence-electron chi connectivity index (χ2n) is 8.56. The quantitative estimate of drug-likeness (QED) is 0.549. The fourth-order valence-corrected chi connectivity index (χ4v) is 4.40. The second-order valence-corrected chi connectivity index (χ2v) is 9.56. The van der Waals surface area contributed by atoms with Crippen molar-refractivity contribution in [1.29, 1.82) is 0 Å². The van der Waals surface area contributed by atoms with Gasteiger partial charge < -0.3 is 15.5 Å². The summed E-state index contributed by atoms with van der Waals surface area (Å²) in [5, 5.41) is 14.7. The minimum atomic E-state index is -4.42. The van der Waals surface area contributed by atoms with Crippen LogP contribution in [0.15, 0.2) is 41.4 Å². The van der Waals surface area contributed by atoms with Gasteiger partial charge in [0.05, 0.1) is 17.2 Å². The summed E-state index contributed by atoms with van der Waals surface area (Å²) in [6, 6.07) is 8.84. The van der Waals surface area contributed by atoms with Crippen LogP contribution in [-0.2, 0) is 22.3 Å². The Morgan fingerprint density at radius 3 is 2.65 bits per heavy atom. The van der Waals surface area contributed by atoms with Gasteiger partial charge in [0.15, 0.2) is 5.82 Å². The Labute approximate surface area is 199 Å². The van der Waals surface area contributed by atoms with Gasteiger partial charge in [-0.05, 0) is 55.5 Å². The molecule has 1 saturated heterocycles. The fourth-order valence-electron chi connectivity index (χ4n) is 3.75. The molecule has 11 heteroatoms. The van der Waals surface area contributed by atoms with Crippen LogP contribution in [0.4, 0.5) is 19.0 Å². The highest BCUT2D eigenvalue weighted by molar-refractivity contribution is 7.99. The Morgan fingerprint density at radius 2 is 1.94 bits per heavy atom. The van der Waals surface area contributed by atoms with Gasteiger partial charge in [0.25, 0.3) is 0 Å². The largest absolute Gasteiger partial charge is 0.416 e. The molecule has 34 heavy (non-hydrogen) atoms. The second kappa shape index (κ2) is 10.6.